The molecule has 0 amide bonds. The van der Waals surface area contributed by atoms with Gasteiger partial charge in [-0.05, 0) is 12.1 Å². The van der Waals surface area contributed by atoms with Crippen molar-refractivity contribution in [3.63, 3.8) is 0 Å². The Labute approximate surface area is 69.7 Å². The van der Waals surface area contributed by atoms with Gasteiger partial charge in [-0.2, -0.15) is 0 Å². The van der Waals surface area contributed by atoms with Crippen molar-refractivity contribution in [1.29, 1.82) is 0 Å². The highest BCUT2D eigenvalue weighted by Gasteiger charge is 2.13. The summed E-state index contributed by atoms with van der Waals surface area (Å²) in [5.74, 6) is 1.03. The van der Waals surface area contributed by atoms with Crippen LogP contribution in [0.3, 0.4) is 0 Å². The summed E-state index contributed by atoms with van der Waals surface area (Å²) in [6.45, 7) is 0.885. The Hall–Kier alpha value is -1.64. The first-order valence-corrected chi connectivity index (χ1v) is 3.91. The van der Waals surface area contributed by atoms with Gasteiger partial charge in [0, 0.05) is 24.2 Å². The van der Waals surface area contributed by atoms with Crippen molar-refractivity contribution in [3.05, 3.63) is 24.5 Å². The van der Waals surface area contributed by atoms with E-state index >= 15 is 0 Å². The lowest BCUT2D eigenvalue weighted by atomic mass is 10.2. The summed E-state index contributed by atoms with van der Waals surface area (Å²) >= 11 is 0. The van der Waals surface area contributed by atoms with Crippen LogP contribution < -0.4 is 0 Å². The molecule has 0 radical (unpaired) electrons. The molecule has 12 heavy (non-hydrogen) atoms. The molecule has 58 valence electrons. The highest BCUT2D eigenvalue weighted by molar-refractivity contribution is 5.79. The van der Waals surface area contributed by atoms with Crippen LogP contribution in [0.4, 0.5) is 5.82 Å². The maximum atomic E-state index is 4.30. The van der Waals surface area contributed by atoms with Gasteiger partial charge in [0.2, 0.25) is 0 Å². The Kier molecular flexibility index (Phi) is 0.961. The summed E-state index contributed by atoms with van der Waals surface area (Å²) in [5, 5.41) is 0. The van der Waals surface area contributed by atoms with Crippen LogP contribution in [0, 0.1) is 0 Å². The van der Waals surface area contributed by atoms with Gasteiger partial charge in [0.05, 0.1) is 12.2 Å². The highest BCUT2D eigenvalue weighted by Crippen LogP contribution is 2.32. The molecule has 0 saturated carbocycles. The summed E-state index contributed by atoms with van der Waals surface area (Å²) in [6.07, 6.45) is 5.76. The van der Waals surface area contributed by atoms with Crippen LogP contribution in [-0.2, 0) is 6.54 Å². The van der Waals surface area contributed by atoms with Gasteiger partial charge < -0.3 is 4.57 Å². The summed E-state index contributed by atoms with van der Waals surface area (Å²) in [6, 6.07) is 4.03. The summed E-state index contributed by atoms with van der Waals surface area (Å²) in [5.41, 5.74) is 2.17. The molecule has 0 atom stereocenters. The lowest BCUT2D eigenvalue weighted by Crippen LogP contribution is -1.94. The van der Waals surface area contributed by atoms with Gasteiger partial charge in [-0.3, -0.25) is 4.98 Å². The van der Waals surface area contributed by atoms with Crippen molar-refractivity contribution in [2.75, 3.05) is 0 Å². The Morgan fingerprint density at radius 2 is 2.33 bits per heavy atom. The fourth-order valence-corrected chi connectivity index (χ4v) is 1.56. The molecule has 0 fully saturated rings. The van der Waals surface area contributed by atoms with Gasteiger partial charge in [0.15, 0.2) is 0 Å². The van der Waals surface area contributed by atoms with Gasteiger partial charge in [0.1, 0.15) is 5.82 Å². The smallest absolute Gasteiger partial charge is 0.142 e. The zero-order valence-corrected chi connectivity index (χ0v) is 6.44. The third kappa shape index (κ3) is 0.605. The largest absolute Gasteiger partial charge is 0.327 e. The Morgan fingerprint density at radius 3 is 3.33 bits per heavy atom. The molecule has 3 heteroatoms. The molecule has 0 aromatic heterocycles. The number of hydrogen-bond acceptors (Lipinski definition) is 2. The fourth-order valence-electron chi connectivity index (χ4n) is 1.56. The number of aliphatic imine (C=N–C) groups is 1. The molecule has 0 aromatic carbocycles. The van der Waals surface area contributed by atoms with Crippen molar-refractivity contribution in [2.45, 2.75) is 6.54 Å². The molecule has 0 saturated heterocycles. The molecular weight excluding hydrogens is 150 g/mol. The number of pyridine rings is 1. The maximum Gasteiger partial charge on any atom is 0.142 e. The summed E-state index contributed by atoms with van der Waals surface area (Å²) in [4.78, 5) is 8.51. The number of hydrogen-bond donors (Lipinski definition) is 0. The minimum atomic E-state index is 0.885. The van der Waals surface area contributed by atoms with Crippen molar-refractivity contribution >= 4 is 12.0 Å². The van der Waals surface area contributed by atoms with E-state index in [9.17, 15) is 0 Å². The van der Waals surface area contributed by atoms with Crippen molar-refractivity contribution in [1.82, 2.24) is 9.55 Å². The zero-order valence-electron chi connectivity index (χ0n) is 6.44. The molecule has 0 N–H and O–H groups in total. The average molecular weight is 157 g/mol. The SMILES string of the molecule is C1=Nc2c3ccnc-3ccn2C1. The van der Waals surface area contributed by atoms with Crippen molar-refractivity contribution in [2.24, 2.45) is 4.99 Å². The van der Waals surface area contributed by atoms with Gasteiger partial charge in [-0.1, -0.05) is 0 Å². The average Bonchev–Trinajstić information content (AvgIpc) is 2.71. The van der Waals surface area contributed by atoms with Gasteiger partial charge in [-0.15, -0.1) is 0 Å². The summed E-state index contributed by atoms with van der Waals surface area (Å²) < 4.78 is 2.12. The minimum absolute atomic E-state index is 0.885. The van der Waals surface area contributed by atoms with Gasteiger partial charge in [0.25, 0.3) is 0 Å². The first-order chi connectivity index (χ1) is 5.95. The van der Waals surface area contributed by atoms with E-state index in [1.54, 1.807) is 0 Å². The molecule has 3 heterocycles. The molecule has 0 spiro atoms. The molecule has 0 aromatic rings. The molecular formula is C9H7N3. The van der Waals surface area contributed by atoms with Crippen LogP contribution in [0.15, 0.2) is 29.5 Å². The van der Waals surface area contributed by atoms with E-state index < -0.39 is 0 Å². The van der Waals surface area contributed by atoms with Gasteiger partial charge >= 0.3 is 0 Å². The lowest BCUT2D eigenvalue weighted by molar-refractivity contribution is 0.890. The van der Waals surface area contributed by atoms with E-state index in [2.05, 4.69) is 14.5 Å². The van der Waals surface area contributed by atoms with Crippen LogP contribution in [0.1, 0.15) is 0 Å². The predicted molar refractivity (Wildman–Crippen MR) is 47.0 cm³/mol. The Morgan fingerprint density at radius 1 is 1.33 bits per heavy atom. The van der Waals surface area contributed by atoms with Gasteiger partial charge in [-0.25, -0.2) is 4.99 Å². The Bertz CT molecular complexity index is 428. The topological polar surface area (TPSA) is 30.2 Å². The molecule has 3 aliphatic rings. The second kappa shape index (κ2) is 1.94. The second-order valence-electron chi connectivity index (χ2n) is 2.85. The van der Waals surface area contributed by atoms with Crippen LogP contribution >= 0.6 is 0 Å². The quantitative estimate of drug-likeness (QED) is 0.572. The van der Waals surface area contributed by atoms with Crippen LogP contribution in [0.2, 0.25) is 0 Å². The molecule has 0 aliphatic carbocycles. The number of rotatable bonds is 0. The summed E-state index contributed by atoms with van der Waals surface area (Å²) in [7, 11) is 0. The van der Waals surface area contributed by atoms with E-state index in [0.29, 0.717) is 0 Å². The van der Waals surface area contributed by atoms with Crippen molar-refractivity contribution in [3.8, 4) is 11.3 Å². The molecule has 3 nitrogen and oxygen atoms in total. The van der Waals surface area contributed by atoms with E-state index in [1.165, 1.54) is 0 Å². The first kappa shape index (κ1) is 5.94. The van der Waals surface area contributed by atoms with Crippen LogP contribution in [0.25, 0.3) is 11.3 Å². The van der Waals surface area contributed by atoms with E-state index in [1.807, 2.05) is 30.7 Å². The number of aromatic nitrogens is 2. The lowest BCUT2D eigenvalue weighted by Gasteiger charge is -2.05. The standard InChI is InChI=1S/C9H7N3/c1-3-10-8-2-5-12-6-4-11-9(12)7(1)8/h1-5H,6H2. The molecule has 3 aliphatic heterocycles. The van der Waals surface area contributed by atoms with Crippen molar-refractivity contribution < 1.29 is 0 Å². The Balaban J connectivity index is 2.43. The van der Waals surface area contributed by atoms with E-state index in [-0.39, 0.29) is 0 Å². The minimum Gasteiger partial charge on any atom is -0.327 e. The highest BCUT2D eigenvalue weighted by atomic mass is 15.1. The number of nitrogens with zero attached hydrogens (tertiary/aromatic N) is 3. The third-order valence-electron chi connectivity index (χ3n) is 2.15. The molecule has 0 bridgehead atoms. The zero-order chi connectivity index (χ0) is 7.97. The second-order valence-corrected chi connectivity index (χ2v) is 2.85. The third-order valence-corrected chi connectivity index (χ3v) is 2.15. The van der Waals surface area contributed by atoms with E-state index in [0.717, 1.165) is 23.6 Å². The van der Waals surface area contributed by atoms with E-state index in [4.69, 9.17) is 0 Å². The van der Waals surface area contributed by atoms with Crippen LogP contribution in [0.5, 0.6) is 0 Å². The van der Waals surface area contributed by atoms with Crippen LogP contribution in [-0.4, -0.2) is 15.8 Å². The fraction of sp³-hybridized carbons (Fsp3) is 0.111. The predicted octanol–water partition coefficient (Wildman–Crippen LogP) is 1.70. The molecule has 0 unspecified atom stereocenters. The monoisotopic (exact) mass is 157 g/mol. The normalized spacial score (nSPS) is 14.0. The molecule has 3 rings (SSSR count). The number of fused-ring (bicyclic) bond motifs is 3. The maximum absolute atomic E-state index is 4.30. The first-order valence-electron chi connectivity index (χ1n) is 3.91.